The number of aliphatic hydroxyl groups is 3. The van der Waals surface area contributed by atoms with Gasteiger partial charge in [-0.25, -0.2) is 0 Å². The lowest BCUT2D eigenvalue weighted by Crippen LogP contribution is -2.69. The number of aliphatic hydroxyl groups excluding tert-OH is 2. The number of Topliss-reactive ketones (excluding diaryl/α,β-unsaturated/α-hetero) is 2. The number of nitrogens with zero attached hydrogens (tertiary/aromatic N) is 2. The molecule has 12 nitrogen and oxygen atoms in total. The van der Waals surface area contributed by atoms with Crippen molar-refractivity contribution in [2.24, 2.45) is 23.5 Å². The van der Waals surface area contributed by atoms with Crippen LogP contribution in [0.4, 0.5) is 11.4 Å². The number of nitrogens with one attached hydrogen (secondary N) is 1. The maximum atomic E-state index is 14.2. The first-order valence-electron chi connectivity index (χ1n) is 14.1. The summed E-state index contributed by atoms with van der Waals surface area (Å²) in [5, 5.41) is 48.7. The van der Waals surface area contributed by atoms with E-state index in [1.165, 1.54) is 4.90 Å². The van der Waals surface area contributed by atoms with E-state index in [2.05, 4.69) is 21.2 Å². The molecule has 5 rings (SSSR count). The Morgan fingerprint density at radius 1 is 1.09 bits per heavy atom. The number of likely N-dealkylation sites (N-methyl/N-ethyl adjacent to an activating group) is 1. The molecule has 0 aromatic heterocycles. The number of benzene rings is 2. The van der Waals surface area contributed by atoms with E-state index >= 15 is 0 Å². The standard InChI is InChI=1S/C31H35BrN4O8/c1-35(2)19-12-18(34-20(37)9-13-5-7-15(32)8-6-13)25(38)22-16(19)10-14-11-17-24(36(3)4)27(40)23(30(33)43)29(42)31(17,44)28(41)21(14)26(22)39/h5-8,12,14,17,21,24,28,38,41-42,44H,9-11H2,1-4H3,(H2,33,43)(H,34,37)/t14?,17?,21?,24-,28?,31-/m0/s1. The van der Waals surface area contributed by atoms with E-state index in [-0.39, 0.29) is 30.5 Å². The van der Waals surface area contributed by atoms with Crippen molar-refractivity contribution in [3.8, 4) is 5.75 Å². The molecule has 13 heteroatoms. The highest BCUT2D eigenvalue weighted by Crippen LogP contribution is 2.55. The highest BCUT2D eigenvalue weighted by Gasteiger charge is 2.66. The third kappa shape index (κ3) is 4.87. The van der Waals surface area contributed by atoms with Gasteiger partial charge in [0.15, 0.2) is 17.2 Å². The van der Waals surface area contributed by atoms with E-state index in [0.29, 0.717) is 11.3 Å². The number of rotatable bonds is 6. The molecule has 0 spiro atoms. The normalized spacial score (nSPS) is 27.9. The first kappa shape index (κ1) is 31.6. The number of primary amides is 1. The van der Waals surface area contributed by atoms with Gasteiger partial charge in [-0.2, -0.15) is 0 Å². The molecule has 1 saturated carbocycles. The van der Waals surface area contributed by atoms with Crippen LogP contribution < -0.4 is 16.0 Å². The van der Waals surface area contributed by atoms with E-state index < -0.39 is 76.0 Å². The van der Waals surface area contributed by atoms with Gasteiger partial charge in [-0.15, -0.1) is 0 Å². The summed E-state index contributed by atoms with van der Waals surface area (Å²) < 4.78 is 0.856. The Morgan fingerprint density at radius 3 is 2.30 bits per heavy atom. The number of nitrogens with two attached hydrogens (primary N) is 1. The van der Waals surface area contributed by atoms with Crippen molar-refractivity contribution in [2.45, 2.75) is 37.0 Å². The van der Waals surface area contributed by atoms with Crippen LogP contribution in [0.1, 0.15) is 27.9 Å². The molecule has 7 N–H and O–H groups in total. The van der Waals surface area contributed by atoms with Crippen molar-refractivity contribution in [1.82, 2.24) is 4.90 Å². The Bertz CT molecular complexity index is 1600. The lowest BCUT2D eigenvalue weighted by Gasteiger charge is -2.55. The molecule has 6 atom stereocenters. The predicted molar refractivity (Wildman–Crippen MR) is 164 cm³/mol. The van der Waals surface area contributed by atoms with Gasteiger partial charge in [-0.3, -0.25) is 24.1 Å². The first-order valence-corrected chi connectivity index (χ1v) is 14.9. The van der Waals surface area contributed by atoms with Gasteiger partial charge < -0.3 is 36.4 Å². The van der Waals surface area contributed by atoms with Gasteiger partial charge in [0.1, 0.15) is 23.2 Å². The van der Waals surface area contributed by atoms with Gasteiger partial charge in [0.25, 0.3) is 5.91 Å². The third-order valence-electron chi connectivity index (χ3n) is 9.17. The molecule has 44 heavy (non-hydrogen) atoms. The largest absolute Gasteiger partial charge is 0.508 e. The van der Waals surface area contributed by atoms with Crippen molar-refractivity contribution in [3.05, 3.63) is 62.8 Å². The zero-order valence-corrected chi connectivity index (χ0v) is 26.3. The highest BCUT2D eigenvalue weighted by atomic mass is 79.9. The number of ketones is 2. The number of carbonyl (C=O) groups is 4. The minimum atomic E-state index is -2.54. The van der Waals surface area contributed by atoms with E-state index in [0.717, 1.165) is 10.0 Å². The van der Waals surface area contributed by atoms with E-state index in [4.69, 9.17) is 5.73 Å². The molecule has 2 amide bonds. The van der Waals surface area contributed by atoms with Crippen LogP contribution in [0.15, 0.2) is 46.1 Å². The van der Waals surface area contributed by atoms with Gasteiger partial charge in [0, 0.05) is 30.2 Å². The summed E-state index contributed by atoms with van der Waals surface area (Å²) in [7, 11) is 6.64. The zero-order valence-electron chi connectivity index (χ0n) is 24.7. The van der Waals surface area contributed by atoms with Crippen molar-refractivity contribution in [1.29, 1.82) is 0 Å². The molecule has 0 bridgehead atoms. The highest BCUT2D eigenvalue weighted by molar-refractivity contribution is 9.10. The molecule has 0 aliphatic heterocycles. The van der Waals surface area contributed by atoms with E-state index in [1.807, 2.05) is 0 Å². The number of amides is 2. The maximum absolute atomic E-state index is 14.2. The molecule has 3 aliphatic carbocycles. The summed E-state index contributed by atoms with van der Waals surface area (Å²) in [5.74, 6) is -7.71. The molecule has 3 aliphatic rings. The number of hydrogen-bond donors (Lipinski definition) is 6. The number of carbonyl (C=O) groups excluding carboxylic acids is 4. The van der Waals surface area contributed by atoms with Crippen LogP contribution in [0.3, 0.4) is 0 Å². The topological polar surface area (TPSA) is 194 Å². The predicted octanol–water partition coefficient (Wildman–Crippen LogP) is 1.30. The van der Waals surface area contributed by atoms with Crippen molar-refractivity contribution in [2.75, 3.05) is 38.4 Å². The third-order valence-corrected chi connectivity index (χ3v) is 9.70. The fraction of sp³-hybridized carbons (Fsp3) is 0.419. The second-order valence-corrected chi connectivity index (χ2v) is 13.1. The molecule has 0 radical (unpaired) electrons. The summed E-state index contributed by atoms with van der Waals surface area (Å²) in [6.07, 6.45) is -1.72. The zero-order chi connectivity index (χ0) is 32.4. The average Bonchev–Trinajstić information content (AvgIpc) is 2.93. The minimum absolute atomic E-state index is 0.00191. The minimum Gasteiger partial charge on any atom is -0.508 e. The maximum Gasteiger partial charge on any atom is 0.255 e. The van der Waals surface area contributed by atoms with E-state index in [9.17, 15) is 39.6 Å². The summed E-state index contributed by atoms with van der Waals surface area (Å²) >= 11 is 3.35. The number of hydrogen-bond acceptors (Lipinski definition) is 10. The average molecular weight is 672 g/mol. The van der Waals surface area contributed by atoms with Crippen molar-refractivity contribution in [3.63, 3.8) is 0 Å². The fourth-order valence-corrected chi connectivity index (χ4v) is 7.48. The van der Waals surface area contributed by atoms with Crippen LogP contribution in [-0.4, -0.2) is 94.6 Å². The smallest absolute Gasteiger partial charge is 0.255 e. The molecule has 2 aromatic carbocycles. The lowest BCUT2D eigenvalue weighted by molar-refractivity contribution is -0.183. The Morgan fingerprint density at radius 2 is 1.73 bits per heavy atom. The molecule has 0 heterocycles. The van der Waals surface area contributed by atoms with Gasteiger partial charge >= 0.3 is 0 Å². The summed E-state index contributed by atoms with van der Waals surface area (Å²) in [6.45, 7) is 0. The molecule has 234 valence electrons. The van der Waals surface area contributed by atoms with Crippen LogP contribution in [0.5, 0.6) is 5.75 Å². The van der Waals surface area contributed by atoms with Crippen molar-refractivity contribution >= 4 is 50.7 Å². The molecular formula is C31H35BrN4O8. The van der Waals surface area contributed by atoms with Crippen LogP contribution in [0.2, 0.25) is 0 Å². The van der Waals surface area contributed by atoms with Gasteiger partial charge in [-0.1, -0.05) is 28.1 Å². The Labute approximate surface area is 262 Å². The Hall–Kier alpha value is -3.78. The van der Waals surface area contributed by atoms with Gasteiger partial charge in [-0.05, 0) is 62.2 Å². The quantitative estimate of drug-likeness (QED) is 0.193. The van der Waals surface area contributed by atoms with Gasteiger partial charge in [0.05, 0.1) is 29.6 Å². The van der Waals surface area contributed by atoms with Crippen LogP contribution >= 0.6 is 15.9 Å². The van der Waals surface area contributed by atoms with Crippen LogP contribution in [0, 0.1) is 17.8 Å². The second-order valence-electron chi connectivity index (χ2n) is 12.2. The molecule has 4 unspecified atom stereocenters. The van der Waals surface area contributed by atoms with Crippen molar-refractivity contribution < 1.29 is 39.6 Å². The summed E-state index contributed by atoms with van der Waals surface area (Å²) in [6, 6.07) is 7.62. The molecule has 2 aromatic rings. The lowest BCUT2D eigenvalue weighted by atomic mass is 9.53. The van der Waals surface area contributed by atoms with E-state index in [1.54, 1.807) is 63.4 Å². The Kier molecular flexibility index (Phi) is 8.12. The van der Waals surface area contributed by atoms with Crippen LogP contribution in [-0.2, 0) is 27.2 Å². The molecular weight excluding hydrogens is 636 g/mol. The SMILES string of the molecule is CN(C)c1cc(NC(=O)Cc2ccc(Br)cc2)c(O)c2c1CC1CC3[C@H](N(C)C)C(=O)C(C(N)=O)=C(O)[C@@]3(O)C(O)C1C2=O. The molecule has 1 fully saturated rings. The number of phenols is 1. The fourth-order valence-electron chi connectivity index (χ4n) is 7.21. The number of phenolic OH excluding ortho intramolecular Hbond substituents is 1. The summed E-state index contributed by atoms with van der Waals surface area (Å²) in [4.78, 5) is 55.9. The monoisotopic (exact) mass is 670 g/mol. The van der Waals surface area contributed by atoms with Crippen LogP contribution in [0.25, 0.3) is 0 Å². The van der Waals surface area contributed by atoms with Gasteiger partial charge in [0.2, 0.25) is 5.91 Å². The second kappa shape index (κ2) is 11.3. The number of aromatic hydroxyl groups is 1. The number of fused-ring (bicyclic) bond motifs is 3. The number of anilines is 2. The Balaban J connectivity index is 1.58. The first-order chi connectivity index (χ1) is 20.6. The summed E-state index contributed by atoms with van der Waals surface area (Å²) in [5.41, 5.74) is 3.70. The number of halogens is 1. The molecule has 0 saturated heterocycles.